The van der Waals surface area contributed by atoms with Gasteiger partial charge in [0, 0.05) is 16.4 Å². The Morgan fingerprint density at radius 1 is 0.380 bits per heavy atom. The van der Waals surface area contributed by atoms with Gasteiger partial charge in [-0.05, 0) is 94.8 Å². The molecule has 1 nitrogen and oxygen atoms in total. The van der Waals surface area contributed by atoms with Crippen molar-refractivity contribution in [3.8, 4) is 33.4 Å². The molecule has 1 aliphatic carbocycles. The van der Waals surface area contributed by atoms with Crippen molar-refractivity contribution in [2.75, 3.05) is 4.90 Å². The van der Waals surface area contributed by atoms with Gasteiger partial charge in [-0.25, -0.2) is 0 Å². The van der Waals surface area contributed by atoms with Gasteiger partial charge < -0.3 is 4.90 Å². The lowest BCUT2D eigenvalue weighted by Gasteiger charge is -2.43. The van der Waals surface area contributed by atoms with Gasteiger partial charge in [-0.3, -0.25) is 0 Å². The van der Waals surface area contributed by atoms with E-state index in [0.29, 0.717) is 0 Å². The molecule has 0 unspecified atom stereocenters. The largest absolute Gasteiger partial charge is 0.309 e. The number of hydrogen-bond acceptors (Lipinski definition) is 1. The third-order valence-corrected chi connectivity index (χ3v) is 11.5. The highest BCUT2D eigenvalue weighted by atomic mass is 15.2. The summed E-state index contributed by atoms with van der Waals surface area (Å²) in [5, 5.41) is 10.3. The molecule has 11 rings (SSSR count). The standard InChI is InChI=1S/C49H33N/c1-49(2)41-21-7-9-23-43(41)50(44-24-10-8-22-42(44)49)48-45-32(26-25-31-14-4-6-17-34(31)45)29-40-38-28-27-36(37-19-12-20-39(46(37)38)47(40)48)35-18-11-15-30-13-3-5-16-33(30)35/h3-29H,1-2H3. The molecule has 1 heterocycles. The van der Waals surface area contributed by atoms with E-state index in [1.165, 1.54) is 105 Å². The van der Waals surface area contributed by atoms with E-state index in [0.717, 1.165) is 0 Å². The molecule has 0 fully saturated rings. The first kappa shape index (κ1) is 27.7. The van der Waals surface area contributed by atoms with E-state index in [2.05, 4.69) is 183 Å². The van der Waals surface area contributed by atoms with Gasteiger partial charge in [-0.1, -0.05) is 159 Å². The van der Waals surface area contributed by atoms with Crippen LogP contribution >= 0.6 is 0 Å². The third-order valence-electron chi connectivity index (χ3n) is 11.5. The minimum absolute atomic E-state index is 0.143. The lowest BCUT2D eigenvalue weighted by Crippen LogP contribution is -2.30. The van der Waals surface area contributed by atoms with Crippen molar-refractivity contribution in [3.63, 3.8) is 0 Å². The molecule has 0 saturated carbocycles. The van der Waals surface area contributed by atoms with Crippen molar-refractivity contribution in [2.45, 2.75) is 19.3 Å². The van der Waals surface area contributed by atoms with Gasteiger partial charge in [0.1, 0.15) is 0 Å². The predicted octanol–water partition coefficient (Wildman–Crippen LogP) is 13.7. The molecule has 234 valence electrons. The number of fused-ring (bicyclic) bond motifs is 9. The summed E-state index contributed by atoms with van der Waals surface area (Å²) in [5.41, 5.74) is 14.1. The zero-order valence-electron chi connectivity index (χ0n) is 28.0. The summed E-state index contributed by atoms with van der Waals surface area (Å²) in [6.45, 7) is 4.74. The van der Waals surface area contributed by atoms with Crippen LogP contribution in [0.25, 0.3) is 76.5 Å². The first-order chi connectivity index (χ1) is 24.6. The molecule has 0 radical (unpaired) electrons. The summed E-state index contributed by atoms with van der Waals surface area (Å²) in [4.78, 5) is 2.60. The van der Waals surface area contributed by atoms with E-state index in [1.54, 1.807) is 0 Å². The van der Waals surface area contributed by atoms with Gasteiger partial charge in [0.15, 0.2) is 0 Å². The molecule has 0 aromatic heterocycles. The Bertz CT molecular complexity index is 2850. The Hall–Kier alpha value is -6.18. The van der Waals surface area contributed by atoms with Crippen molar-refractivity contribution in [3.05, 3.63) is 175 Å². The Kier molecular flexibility index (Phi) is 5.51. The minimum atomic E-state index is -0.143. The van der Waals surface area contributed by atoms with Crippen LogP contribution in [0.15, 0.2) is 164 Å². The number of hydrogen-bond donors (Lipinski definition) is 0. The number of anilines is 3. The van der Waals surface area contributed by atoms with E-state index >= 15 is 0 Å². The molecule has 0 bridgehead atoms. The maximum absolute atomic E-state index is 2.60. The van der Waals surface area contributed by atoms with Gasteiger partial charge in [-0.15, -0.1) is 0 Å². The number of benzene rings is 9. The summed E-state index contributed by atoms with van der Waals surface area (Å²) < 4.78 is 0. The second-order valence-corrected chi connectivity index (χ2v) is 14.4. The first-order valence-corrected chi connectivity index (χ1v) is 17.6. The van der Waals surface area contributed by atoms with E-state index in [1.807, 2.05) is 0 Å². The first-order valence-electron chi connectivity index (χ1n) is 17.6. The number of rotatable bonds is 2. The van der Waals surface area contributed by atoms with Crippen LogP contribution < -0.4 is 4.90 Å². The van der Waals surface area contributed by atoms with Crippen molar-refractivity contribution in [1.29, 1.82) is 0 Å². The zero-order chi connectivity index (χ0) is 33.1. The van der Waals surface area contributed by atoms with E-state index in [4.69, 9.17) is 0 Å². The predicted molar refractivity (Wildman–Crippen MR) is 213 cm³/mol. The lowest BCUT2D eigenvalue weighted by atomic mass is 9.73. The molecule has 50 heavy (non-hydrogen) atoms. The topological polar surface area (TPSA) is 3.24 Å². The number of para-hydroxylation sites is 2. The molecule has 1 aliphatic heterocycles. The van der Waals surface area contributed by atoms with Crippen molar-refractivity contribution < 1.29 is 0 Å². The fourth-order valence-corrected chi connectivity index (χ4v) is 9.31. The van der Waals surface area contributed by atoms with Gasteiger partial charge in [0.2, 0.25) is 0 Å². The van der Waals surface area contributed by atoms with E-state index < -0.39 is 0 Å². The monoisotopic (exact) mass is 635 g/mol. The molecule has 0 spiro atoms. The lowest BCUT2D eigenvalue weighted by molar-refractivity contribution is 0.632. The maximum Gasteiger partial charge on any atom is 0.0631 e. The second kappa shape index (κ2) is 9.94. The molecule has 0 saturated heterocycles. The summed E-state index contributed by atoms with van der Waals surface area (Å²) in [7, 11) is 0. The van der Waals surface area contributed by atoms with Gasteiger partial charge in [0.05, 0.1) is 17.1 Å². The Morgan fingerprint density at radius 2 is 0.920 bits per heavy atom. The Balaban J connectivity index is 1.30. The molecule has 9 aromatic carbocycles. The highest BCUT2D eigenvalue weighted by Gasteiger charge is 2.39. The Labute approximate surface area is 291 Å². The van der Waals surface area contributed by atoms with Crippen molar-refractivity contribution in [1.82, 2.24) is 0 Å². The normalized spacial score (nSPS) is 13.9. The van der Waals surface area contributed by atoms with E-state index in [-0.39, 0.29) is 5.41 Å². The van der Waals surface area contributed by atoms with Crippen LogP contribution in [0.3, 0.4) is 0 Å². The van der Waals surface area contributed by atoms with Crippen molar-refractivity contribution >= 4 is 60.2 Å². The van der Waals surface area contributed by atoms with Gasteiger partial charge >= 0.3 is 0 Å². The summed E-state index contributed by atoms with van der Waals surface area (Å²) in [6.07, 6.45) is 0. The summed E-state index contributed by atoms with van der Waals surface area (Å²) in [6, 6.07) is 61.2. The van der Waals surface area contributed by atoms with Gasteiger partial charge in [0.25, 0.3) is 0 Å². The third kappa shape index (κ3) is 3.56. The Morgan fingerprint density at radius 3 is 1.70 bits per heavy atom. The second-order valence-electron chi connectivity index (χ2n) is 14.4. The average Bonchev–Trinajstić information content (AvgIpc) is 3.49. The van der Waals surface area contributed by atoms with Gasteiger partial charge in [-0.2, -0.15) is 0 Å². The number of nitrogens with zero attached hydrogens (tertiary/aromatic N) is 1. The molecular weight excluding hydrogens is 603 g/mol. The van der Waals surface area contributed by atoms with Crippen molar-refractivity contribution in [2.24, 2.45) is 0 Å². The van der Waals surface area contributed by atoms with Crippen LogP contribution in [-0.4, -0.2) is 0 Å². The van der Waals surface area contributed by atoms with Crippen LogP contribution in [0, 0.1) is 0 Å². The summed E-state index contributed by atoms with van der Waals surface area (Å²) in [5.74, 6) is 0. The van der Waals surface area contributed by atoms with Crippen LogP contribution in [-0.2, 0) is 5.41 Å². The van der Waals surface area contributed by atoms with Crippen LogP contribution in [0.4, 0.5) is 17.1 Å². The molecule has 9 aromatic rings. The van der Waals surface area contributed by atoms with Crippen LogP contribution in [0.2, 0.25) is 0 Å². The van der Waals surface area contributed by atoms with E-state index in [9.17, 15) is 0 Å². The molecule has 0 N–H and O–H groups in total. The maximum atomic E-state index is 2.60. The molecule has 0 amide bonds. The quantitative estimate of drug-likeness (QED) is 0.171. The molecule has 1 heteroatoms. The highest BCUT2D eigenvalue weighted by molar-refractivity contribution is 6.28. The fraction of sp³-hybridized carbons (Fsp3) is 0.0612. The minimum Gasteiger partial charge on any atom is -0.309 e. The molecular formula is C49H33N. The molecule has 0 atom stereocenters. The zero-order valence-corrected chi connectivity index (χ0v) is 28.0. The van der Waals surface area contributed by atoms with Crippen LogP contribution in [0.1, 0.15) is 25.0 Å². The van der Waals surface area contributed by atoms with Crippen LogP contribution in [0.5, 0.6) is 0 Å². The SMILES string of the molecule is CC1(C)c2ccccc2N(c2c3c(cc4ccc5ccccc5c24)-c2ccc(-c4cccc5ccccc45)c4cccc-3c24)c2ccccc21. The average molecular weight is 636 g/mol. The highest BCUT2D eigenvalue weighted by Crippen LogP contribution is 2.60. The summed E-state index contributed by atoms with van der Waals surface area (Å²) >= 11 is 0. The molecule has 2 aliphatic rings. The smallest absolute Gasteiger partial charge is 0.0631 e. The fourth-order valence-electron chi connectivity index (χ4n) is 9.31.